The monoisotopic (exact) mass is 363 g/mol. The molecule has 0 aliphatic rings. The van der Waals surface area contributed by atoms with Crippen LogP contribution >= 0.6 is 43.5 Å². The molecule has 2 N–H and O–H groups in total. The van der Waals surface area contributed by atoms with Gasteiger partial charge in [-0.2, -0.15) is 0 Å². The van der Waals surface area contributed by atoms with Gasteiger partial charge in [0.25, 0.3) is 0 Å². The van der Waals surface area contributed by atoms with Crippen molar-refractivity contribution in [3.63, 3.8) is 0 Å². The molecule has 0 fully saturated rings. The normalized spacial score (nSPS) is 12.8. The van der Waals surface area contributed by atoms with Gasteiger partial charge in [-0.15, -0.1) is 0 Å². The van der Waals surface area contributed by atoms with Crippen LogP contribution in [0.15, 0.2) is 43.9 Å². The minimum absolute atomic E-state index is 0.307. The van der Waals surface area contributed by atoms with E-state index in [2.05, 4.69) is 31.9 Å². The molecular weight excluding hydrogens is 357 g/mol. The fraction of sp³-hybridized carbons (Fsp3) is 0.0909. The van der Waals surface area contributed by atoms with Crippen LogP contribution in [0.2, 0.25) is 5.02 Å². The molecule has 1 heterocycles. The number of hydrogen-bond acceptors (Lipinski definition) is 2. The molecular formula is C11H8Br2ClNO. The highest BCUT2D eigenvalue weighted by Crippen LogP contribution is 2.31. The molecule has 0 saturated heterocycles. The maximum atomic E-state index is 6.09. The summed E-state index contributed by atoms with van der Waals surface area (Å²) in [5, 5.41) is 0.662. The quantitative estimate of drug-likeness (QED) is 0.851. The van der Waals surface area contributed by atoms with E-state index in [1.807, 2.05) is 18.2 Å². The second-order valence-electron chi connectivity index (χ2n) is 3.28. The zero-order valence-corrected chi connectivity index (χ0v) is 12.0. The lowest BCUT2D eigenvalue weighted by Gasteiger charge is -2.10. The summed E-state index contributed by atoms with van der Waals surface area (Å²) in [4.78, 5) is 0. The molecule has 16 heavy (non-hydrogen) atoms. The van der Waals surface area contributed by atoms with Crippen LogP contribution in [0.4, 0.5) is 0 Å². The van der Waals surface area contributed by atoms with Crippen LogP contribution in [0.3, 0.4) is 0 Å². The van der Waals surface area contributed by atoms with Gasteiger partial charge in [-0.1, -0.05) is 17.7 Å². The molecule has 1 atom stereocenters. The molecule has 5 heteroatoms. The molecule has 0 aliphatic heterocycles. The summed E-state index contributed by atoms with van der Waals surface area (Å²) in [6.45, 7) is 0. The van der Waals surface area contributed by atoms with E-state index in [-0.39, 0.29) is 6.04 Å². The van der Waals surface area contributed by atoms with Gasteiger partial charge in [-0.05, 0) is 55.6 Å². The number of furan rings is 1. The van der Waals surface area contributed by atoms with Crippen molar-refractivity contribution in [2.75, 3.05) is 0 Å². The van der Waals surface area contributed by atoms with Crippen molar-refractivity contribution in [3.8, 4) is 0 Å². The summed E-state index contributed by atoms with van der Waals surface area (Å²) in [5.74, 6) is 0.703. The Morgan fingerprint density at radius 1 is 1.19 bits per heavy atom. The highest BCUT2D eigenvalue weighted by atomic mass is 79.9. The molecule has 2 nitrogen and oxygen atoms in total. The molecule has 0 bridgehead atoms. The third-order valence-corrected chi connectivity index (χ3v) is 4.10. The summed E-state index contributed by atoms with van der Waals surface area (Å²) in [7, 11) is 0. The third kappa shape index (κ3) is 2.35. The maximum absolute atomic E-state index is 6.09. The Bertz CT molecular complexity index is 512. The van der Waals surface area contributed by atoms with Crippen LogP contribution < -0.4 is 5.73 Å². The second kappa shape index (κ2) is 4.92. The van der Waals surface area contributed by atoms with Crippen molar-refractivity contribution >= 4 is 43.5 Å². The summed E-state index contributed by atoms with van der Waals surface area (Å²) in [6.07, 6.45) is 1.60. The first-order valence-corrected chi connectivity index (χ1v) is 6.49. The first kappa shape index (κ1) is 12.2. The van der Waals surface area contributed by atoms with Crippen LogP contribution in [-0.2, 0) is 0 Å². The minimum Gasteiger partial charge on any atom is -0.466 e. The van der Waals surface area contributed by atoms with Gasteiger partial charge >= 0.3 is 0 Å². The fourth-order valence-electron chi connectivity index (χ4n) is 1.38. The maximum Gasteiger partial charge on any atom is 0.139 e. The lowest BCUT2D eigenvalue weighted by Crippen LogP contribution is -2.11. The van der Waals surface area contributed by atoms with Crippen molar-refractivity contribution in [3.05, 3.63) is 55.8 Å². The van der Waals surface area contributed by atoms with E-state index in [0.29, 0.717) is 10.8 Å². The largest absolute Gasteiger partial charge is 0.466 e. The topological polar surface area (TPSA) is 39.2 Å². The zero-order chi connectivity index (χ0) is 11.7. The van der Waals surface area contributed by atoms with Crippen LogP contribution in [0, 0.1) is 0 Å². The van der Waals surface area contributed by atoms with Gasteiger partial charge in [0, 0.05) is 4.47 Å². The summed E-state index contributed by atoms with van der Waals surface area (Å²) < 4.78 is 7.02. The predicted octanol–water partition coefficient (Wildman–Crippen LogP) is 4.51. The fourth-order valence-corrected chi connectivity index (χ4v) is 2.35. The average molecular weight is 365 g/mol. The number of hydrogen-bond donors (Lipinski definition) is 1. The summed E-state index contributed by atoms with van der Waals surface area (Å²) in [6, 6.07) is 7.09. The van der Waals surface area contributed by atoms with E-state index in [1.54, 1.807) is 12.3 Å². The van der Waals surface area contributed by atoms with E-state index >= 15 is 0 Å². The van der Waals surface area contributed by atoms with Crippen LogP contribution in [-0.4, -0.2) is 0 Å². The Balaban J connectivity index is 2.38. The Kier molecular flexibility index (Phi) is 3.74. The Morgan fingerprint density at radius 2 is 1.94 bits per heavy atom. The SMILES string of the molecule is NC(c1ccc(Cl)c(Br)c1)c1occc1Br. The van der Waals surface area contributed by atoms with Crippen LogP contribution in [0.1, 0.15) is 17.4 Å². The van der Waals surface area contributed by atoms with Gasteiger partial charge in [0.15, 0.2) is 0 Å². The summed E-state index contributed by atoms with van der Waals surface area (Å²) >= 11 is 12.7. The minimum atomic E-state index is -0.307. The number of rotatable bonds is 2. The van der Waals surface area contributed by atoms with Gasteiger partial charge in [-0.25, -0.2) is 0 Å². The number of benzene rings is 1. The van der Waals surface area contributed by atoms with Crippen LogP contribution in [0.5, 0.6) is 0 Å². The molecule has 0 radical (unpaired) electrons. The molecule has 2 rings (SSSR count). The Labute approximate surface area is 115 Å². The van der Waals surface area contributed by atoms with Crippen molar-refractivity contribution in [1.82, 2.24) is 0 Å². The average Bonchev–Trinajstić information content (AvgIpc) is 2.67. The Hall–Kier alpha value is -0.290. The van der Waals surface area contributed by atoms with Gasteiger partial charge in [0.05, 0.1) is 21.8 Å². The molecule has 2 aromatic rings. The van der Waals surface area contributed by atoms with E-state index in [4.69, 9.17) is 21.8 Å². The molecule has 0 aliphatic carbocycles. The molecule has 0 amide bonds. The van der Waals surface area contributed by atoms with E-state index in [0.717, 1.165) is 14.5 Å². The first-order valence-electron chi connectivity index (χ1n) is 4.53. The lowest BCUT2D eigenvalue weighted by molar-refractivity contribution is 0.487. The smallest absolute Gasteiger partial charge is 0.139 e. The molecule has 0 spiro atoms. The van der Waals surface area contributed by atoms with Crippen molar-refractivity contribution in [1.29, 1.82) is 0 Å². The second-order valence-corrected chi connectivity index (χ2v) is 5.40. The number of halogens is 3. The van der Waals surface area contributed by atoms with Crippen molar-refractivity contribution in [2.24, 2.45) is 5.73 Å². The first-order chi connectivity index (χ1) is 7.59. The molecule has 1 aromatic carbocycles. The highest BCUT2D eigenvalue weighted by Gasteiger charge is 2.16. The molecule has 0 saturated carbocycles. The standard InChI is InChI=1S/C11H8Br2ClNO/c12-7-3-4-16-11(7)10(15)6-1-2-9(14)8(13)5-6/h1-5,10H,15H2. The molecule has 84 valence electrons. The van der Waals surface area contributed by atoms with Gasteiger partial charge in [0.2, 0.25) is 0 Å². The Morgan fingerprint density at radius 3 is 2.50 bits per heavy atom. The van der Waals surface area contributed by atoms with E-state index < -0.39 is 0 Å². The summed E-state index contributed by atoms with van der Waals surface area (Å²) in [5.41, 5.74) is 7.03. The number of nitrogens with two attached hydrogens (primary N) is 1. The molecule has 1 unspecified atom stereocenters. The highest BCUT2D eigenvalue weighted by molar-refractivity contribution is 9.10. The lowest BCUT2D eigenvalue weighted by atomic mass is 10.1. The van der Waals surface area contributed by atoms with E-state index in [1.165, 1.54) is 0 Å². The zero-order valence-electron chi connectivity index (χ0n) is 8.08. The van der Waals surface area contributed by atoms with Gasteiger partial charge < -0.3 is 10.2 Å². The van der Waals surface area contributed by atoms with Gasteiger partial charge in [0.1, 0.15) is 5.76 Å². The van der Waals surface area contributed by atoms with Crippen molar-refractivity contribution < 1.29 is 4.42 Å². The van der Waals surface area contributed by atoms with Crippen LogP contribution in [0.25, 0.3) is 0 Å². The van der Waals surface area contributed by atoms with Crippen molar-refractivity contribution in [2.45, 2.75) is 6.04 Å². The third-order valence-electron chi connectivity index (χ3n) is 2.23. The predicted molar refractivity (Wildman–Crippen MR) is 71.6 cm³/mol. The van der Waals surface area contributed by atoms with E-state index in [9.17, 15) is 0 Å². The molecule has 1 aromatic heterocycles. The van der Waals surface area contributed by atoms with Gasteiger partial charge in [-0.3, -0.25) is 0 Å².